The van der Waals surface area contributed by atoms with Crippen molar-refractivity contribution in [3.8, 4) is 0 Å². The van der Waals surface area contributed by atoms with Crippen LogP contribution in [0.5, 0.6) is 0 Å². The zero-order chi connectivity index (χ0) is 9.10. The topological polar surface area (TPSA) is 24.5 Å². The van der Waals surface area contributed by atoms with Gasteiger partial charge in [-0.2, -0.15) is 0 Å². The van der Waals surface area contributed by atoms with E-state index in [1.807, 2.05) is 0 Å². The third kappa shape index (κ3) is 3.39. The maximum atomic E-state index is 5.65. The summed E-state index contributed by atoms with van der Waals surface area (Å²) < 4.78 is 5.65. The van der Waals surface area contributed by atoms with Crippen molar-refractivity contribution in [2.45, 2.75) is 25.5 Å². The number of hydrogen-bond acceptors (Lipinski definition) is 3. The average Bonchev–Trinajstić information content (AvgIpc) is 2.53. The van der Waals surface area contributed by atoms with Crippen LogP contribution in [0, 0.1) is 5.92 Å². The fourth-order valence-corrected chi connectivity index (χ4v) is 2.29. The fraction of sp³-hybridized carbons (Fsp3) is 1.00. The van der Waals surface area contributed by atoms with Gasteiger partial charge in [0.2, 0.25) is 0 Å². The number of nitrogens with one attached hydrogen (secondary N) is 1. The van der Waals surface area contributed by atoms with Crippen molar-refractivity contribution < 1.29 is 4.74 Å². The monoisotopic (exact) mass is 220 g/mol. The number of rotatable bonds is 2. The first kappa shape index (κ1) is 12.2. The van der Waals surface area contributed by atoms with E-state index in [0.29, 0.717) is 6.23 Å². The lowest BCUT2D eigenvalue weighted by Gasteiger charge is -2.26. The van der Waals surface area contributed by atoms with E-state index in [2.05, 4.69) is 17.3 Å². The molecule has 2 atom stereocenters. The third-order valence-electron chi connectivity index (χ3n) is 3.05. The van der Waals surface area contributed by atoms with E-state index >= 15 is 0 Å². The van der Waals surface area contributed by atoms with Crippen LogP contribution in [0.2, 0.25) is 0 Å². The summed E-state index contributed by atoms with van der Waals surface area (Å²) >= 11 is 0. The summed E-state index contributed by atoms with van der Waals surface area (Å²) in [6.45, 7) is 4.59. The molecule has 0 amide bonds. The summed E-state index contributed by atoms with van der Waals surface area (Å²) in [5.74, 6) is 0.848. The van der Waals surface area contributed by atoms with Gasteiger partial charge in [0, 0.05) is 13.2 Å². The molecular weight excluding hydrogens is 200 g/mol. The van der Waals surface area contributed by atoms with Crippen LogP contribution in [0.25, 0.3) is 0 Å². The van der Waals surface area contributed by atoms with E-state index in [0.717, 1.165) is 19.1 Å². The smallest absolute Gasteiger partial charge is 0.108 e. The number of nitrogens with zero attached hydrogens (tertiary/aromatic N) is 1. The minimum atomic E-state index is 0. The molecule has 0 spiro atoms. The van der Waals surface area contributed by atoms with Crippen molar-refractivity contribution in [3.05, 3.63) is 0 Å². The molecule has 0 radical (unpaired) electrons. The van der Waals surface area contributed by atoms with Gasteiger partial charge in [0.1, 0.15) is 6.23 Å². The molecule has 2 saturated heterocycles. The second-order valence-electron chi connectivity index (χ2n) is 4.32. The predicted octanol–water partition coefficient (Wildman–Crippen LogP) is 1.09. The highest BCUT2D eigenvalue weighted by atomic mass is 35.5. The first-order chi connectivity index (χ1) is 6.34. The second-order valence-corrected chi connectivity index (χ2v) is 4.32. The summed E-state index contributed by atoms with van der Waals surface area (Å²) in [6, 6.07) is 0. The maximum Gasteiger partial charge on any atom is 0.108 e. The predicted molar refractivity (Wildman–Crippen MR) is 59.8 cm³/mol. The zero-order valence-electron chi connectivity index (χ0n) is 8.87. The number of likely N-dealkylation sites (tertiary alicyclic amines) is 1. The molecule has 84 valence electrons. The molecule has 4 heteroatoms. The molecule has 0 aliphatic carbocycles. The highest BCUT2D eigenvalue weighted by Gasteiger charge is 2.24. The molecule has 2 fully saturated rings. The van der Waals surface area contributed by atoms with Crippen LogP contribution in [0.3, 0.4) is 0 Å². The third-order valence-corrected chi connectivity index (χ3v) is 3.05. The molecule has 0 saturated carbocycles. The summed E-state index contributed by atoms with van der Waals surface area (Å²) in [6.07, 6.45) is 4.05. The largest absolute Gasteiger partial charge is 0.363 e. The number of ether oxygens (including phenoxy) is 1. The van der Waals surface area contributed by atoms with Gasteiger partial charge < -0.3 is 9.64 Å². The Balaban J connectivity index is 0.000000980. The van der Waals surface area contributed by atoms with Crippen LogP contribution >= 0.6 is 12.4 Å². The Hall–Kier alpha value is 0.170. The highest BCUT2D eigenvalue weighted by molar-refractivity contribution is 5.85. The molecule has 2 heterocycles. The SMILES string of the molecule is CN1CCC(CC2NCCCO2)C1.Cl. The Labute approximate surface area is 92.6 Å². The summed E-state index contributed by atoms with van der Waals surface area (Å²) in [7, 11) is 2.20. The van der Waals surface area contributed by atoms with Gasteiger partial charge in [-0.1, -0.05) is 0 Å². The Bertz CT molecular complexity index is 159. The standard InChI is InChI=1S/C10H20N2O.ClH/c1-12-5-3-9(8-12)7-10-11-4-2-6-13-10;/h9-11H,2-8H2,1H3;1H. The van der Waals surface area contributed by atoms with Crippen LogP contribution in [-0.4, -0.2) is 44.4 Å². The van der Waals surface area contributed by atoms with Gasteiger partial charge >= 0.3 is 0 Å². The molecule has 0 aromatic heterocycles. The van der Waals surface area contributed by atoms with E-state index < -0.39 is 0 Å². The van der Waals surface area contributed by atoms with E-state index in [-0.39, 0.29) is 12.4 Å². The zero-order valence-corrected chi connectivity index (χ0v) is 9.68. The normalized spacial score (nSPS) is 34.1. The molecule has 1 N–H and O–H groups in total. The Morgan fingerprint density at radius 2 is 2.36 bits per heavy atom. The molecule has 2 rings (SSSR count). The lowest BCUT2D eigenvalue weighted by Crippen LogP contribution is -2.39. The Kier molecular flexibility index (Phi) is 5.17. The van der Waals surface area contributed by atoms with Gasteiger partial charge in [-0.15, -0.1) is 12.4 Å². The lowest BCUT2D eigenvalue weighted by molar-refractivity contribution is -0.0123. The quantitative estimate of drug-likeness (QED) is 0.754. The molecule has 2 unspecified atom stereocenters. The second kappa shape index (κ2) is 5.91. The maximum absolute atomic E-state index is 5.65. The fourth-order valence-electron chi connectivity index (χ4n) is 2.29. The molecule has 0 aromatic rings. The minimum absolute atomic E-state index is 0. The first-order valence-corrected chi connectivity index (χ1v) is 5.38. The van der Waals surface area contributed by atoms with Crippen LogP contribution < -0.4 is 5.32 Å². The van der Waals surface area contributed by atoms with Crippen molar-refractivity contribution in [2.24, 2.45) is 5.92 Å². The van der Waals surface area contributed by atoms with Gasteiger partial charge in [-0.05, 0) is 45.3 Å². The van der Waals surface area contributed by atoms with Crippen LogP contribution in [0.15, 0.2) is 0 Å². The Morgan fingerprint density at radius 1 is 1.50 bits per heavy atom. The average molecular weight is 221 g/mol. The van der Waals surface area contributed by atoms with E-state index in [1.54, 1.807) is 0 Å². The molecule has 3 nitrogen and oxygen atoms in total. The molecule has 2 aliphatic heterocycles. The number of halogens is 1. The van der Waals surface area contributed by atoms with Crippen molar-refractivity contribution in [2.75, 3.05) is 33.3 Å². The summed E-state index contributed by atoms with van der Waals surface area (Å²) in [5.41, 5.74) is 0. The Morgan fingerprint density at radius 3 is 2.93 bits per heavy atom. The summed E-state index contributed by atoms with van der Waals surface area (Å²) in [5, 5.41) is 3.42. The van der Waals surface area contributed by atoms with Crippen molar-refractivity contribution >= 4 is 12.4 Å². The van der Waals surface area contributed by atoms with Gasteiger partial charge in [0.15, 0.2) is 0 Å². The molecule has 0 bridgehead atoms. The van der Waals surface area contributed by atoms with Gasteiger partial charge in [-0.25, -0.2) is 0 Å². The van der Waals surface area contributed by atoms with Crippen molar-refractivity contribution in [1.82, 2.24) is 10.2 Å². The van der Waals surface area contributed by atoms with E-state index in [1.165, 1.54) is 32.4 Å². The van der Waals surface area contributed by atoms with Crippen LogP contribution in [0.1, 0.15) is 19.3 Å². The number of hydrogen-bond donors (Lipinski definition) is 1. The van der Waals surface area contributed by atoms with Crippen molar-refractivity contribution in [3.63, 3.8) is 0 Å². The highest BCUT2D eigenvalue weighted by Crippen LogP contribution is 2.20. The minimum Gasteiger partial charge on any atom is -0.363 e. The van der Waals surface area contributed by atoms with E-state index in [9.17, 15) is 0 Å². The van der Waals surface area contributed by atoms with Gasteiger partial charge in [-0.3, -0.25) is 5.32 Å². The lowest BCUT2D eigenvalue weighted by atomic mass is 10.0. The molecular formula is C10H21ClN2O. The van der Waals surface area contributed by atoms with Gasteiger partial charge in [0.25, 0.3) is 0 Å². The van der Waals surface area contributed by atoms with E-state index in [4.69, 9.17) is 4.74 Å². The molecule has 2 aliphatic rings. The van der Waals surface area contributed by atoms with Crippen molar-refractivity contribution in [1.29, 1.82) is 0 Å². The first-order valence-electron chi connectivity index (χ1n) is 5.38. The van der Waals surface area contributed by atoms with Gasteiger partial charge in [0.05, 0.1) is 0 Å². The van der Waals surface area contributed by atoms with Crippen LogP contribution in [-0.2, 0) is 4.74 Å². The molecule has 14 heavy (non-hydrogen) atoms. The summed E-state index contributed by atoms with van der Waals surface area (Å²) in [4.78, 5) is 2.41. The van der Waals surface area contributed by atoms with Crippen LogP contribution in [0.4, 0.5) is 0 Å². The molecule has 0 aromatic carbocycles.